The topological polar surface area (TPSA) is 135 Å². The summed E-state index contributed by atoms with van der Waals surface area (Å²) in [6.07, 6.45) is 3.58. The highest BCUT2D eigenvalue weighted by Crippen LogP contribution is 2.25. The molecule has 1 saturated heterocycles. The number of nitrogens with one attached hydrogen (secondary N) is 7. The number of hydrogen-bond acceptors (Lipinski definition) is 7. The second-order valence-electron chi connectivity index (χ2n) is 7.58. The summed E-state index contributed by atoms with van der Waals surface area (Å²) in [5.41, 5.74) is 3.10. The Bertz CT molecular complexity index is 818. The van der Waals surface area contributed by atoms with Crippen molar-refractivity contribution in [2.45, 2.75) is 44.7 Å². The van der Waals surface area contributed by atoms with Gasteiger partial charge in [-0.1, -0.05) is 0 Å². The average Bonchev–Trinajstić information content (AvgIpc) is 2.64. The van der Waals surface area contributed by atoms with Crippen LogP contribution in [0.3, 0.4) is 0 Å². The van der Waals surface area contributed by atoms with Gasteiger partial charge >= 0.3 is 6.03 Å². The van der Waals surface area contributed by atoms with E-state index in [0.717, 1.165) is 43.4 Å². The summed E-state index contributed by atoms with van der Waals surface area (Å²) in [7, 11) is -3.19. The molecule has 162 valence electrons. The molecule has 0 radical (unpaired) electrons. The maximum Gasteiger partial charge on any atom is 0.321 e. The zero-order chi connectivity index (χ0) is 20.9. The molecule has 0 spiro atoms. The van der Waals surface area contributed by atoms with Crippen molar-refractivity contribution in [3.05, 3.63) is 23.8 Å². The van der Waals surface area contributed by atoms with Crippen LogP contribution in [-0.4, -0.2) is 58.8 Å². The van der Waals surface area contributed by atoms with Crippen LogP contribution < -0.4 is 36.6 Å². The highest BCUT2D eigenvalue weighted by Gasteiger charge is 2.25. The van der Waals surface area contributed by atoms with E-state index in [1.165, 1.54) is 5.56 Å². The fourth-order valence-corrected chi connectivity index (χ4v) is 4.06. The molecule has 2 heterocycles. The number of hydrogen-bond donors (Lipinski definition) is 7. The van der Waals surface area contributed by atoms with Crippen molar-refractivity contribution in [3.8, 4) is 0 Å². The maximum atomic E-state index is 12.4. The Morgan fingerprint density at radius 3 is 2.86 bits per heavy atom. The Morgan fingerprint density at radius 2 is 2.07 bits per heavy atom. The highest BCUT2D eigenvalue weighted by molar-refractivity contribution is 7.88. The predicted molar refractivity (Wildman–Crippen MR) is 114 cm³/mol. The van der Waals surface area contributed by atoms with Crippen molar-refractivity contribution in [3.63, 3.8) is 0 Å². The molecule has 3 rings (SSSR count). The molecule has 11 heteroatoms. The van der Waals surface area contributed by atoms with Crippen molar-refractivity contribution < 1.29 is 13.2 Å². The van der Waals surface area contributed by atoms with E-state index in [4.69, 9.17) is 0 Å². The zero-order valence-corrected chi connectivity index (χ0v) is 17.7. The number of benzene rings is 1. The minimum atomic E-state index is -3.19. The van der Waals surface area contributed by atoms with E-state index in [2.05, 4.69) is 36.6 Å². The van der Waals surface area contributed by atoms with E-state index in [9.17, 15) is 13.2 Å². The molecule has 10 nitrogen and oxygen atoms in total. The number of sulfonamides is 1. The molecule has 2 aliphatic heterocycles. The van der Waals surface area contributed by atoms with E-state index in [1.54, 1.807) is 0 Å². The number of amides is 2. The van der Waals surface area contributed by atoms with E-state index in [0.29, 0.717) is 13.1 Å². The van der Waals surface area contributed by atoms with Crippen LogP contribution in [-0.2, 0) is 16.4 Å². The molecule has 0 aliphatic carbocycles. The van der Waals surface area contributed by atoms with Gasteiger partial charge in [0.15, 0.2) is 0 Å². The number of urea groups is 1. The third-order valence-electron chi connectivity index (χ3n) is 4.87. The van der Waals surface area contributed by atoms with Crippen LogP contribution in [0, 0.1) is 0 Å². The summed E-state index contributed by atoms with van der Waals surface area (Å²) in [6, 6.07) is 5.76. The Morgan fingerprint density at radius 1 is 1.24 bits per heavy atom. The SMILES string of the molecule is CC1CC(NCCNS(C)(=O)=O)NC(NC(=O)Nc2ccc3c(c2)CCCN3)N1. The minimum Gasteiger partial charge on any atom is -0.385 e. The number of aryl methyl sites for hydroxylation is 1. The van der Waals surface area contributed by atoms with E-state index in [-0.39, 0.29) is 18.2 Å². The van der Waals surface area contributed by atoms with Gasteiger partial charge < -0.3 is 21.3 Å². The van der Waals surface area contributed by atoms with E-state index >= 15 is 0 Å². The van der Waals surface area contributed by atoms with Crippen LogP contribution in [0.15, 0.2) is 18.2 Å². The van der Waals surface area contributed by atoms with Crippen molar-refractivity contribution in [2.75, 3.05) is 36.5 Å². The largest absolute Gasteiger partial charge is 0.385 e. The zero-order valence-electron chi connectivity index (χ0n) is 16.8. The van der Waals surface area contributed by atoms with Crippen molar-refractivity contribution >= 4 is 27.4 Å². The van der Waals surface area contributed by atoms with Gasteiger partial charge in [0.05, 0.1) is 12.4 Å². The van der Waals surface area contributed by atoms with Crippen LogP contribution in [0.5, 0.6) is 0 Å². The van der Waals surface area contributed by atoms with Gasteiger partial charge in [-0.3, -0.25) is 10.6 Å². The maximum absolute atomic E-state index is 12.4. The molecule has 1 aromatic carbocycles. The molecule has 2 amide bonds. The molecule has 2 aliphatic rings. The highest BCUT2D eigenvalue weighted by atomic mass is 32.2. The number of rotatable bonds is 7. The molecular formula is C18H31N7O3S. The summed E-state index contributed by atoms with van der Waals surface area (Å²) < 4.78 is 24.7. The Labute approximate surface area is 172 Å². The molecule has 3 unspecified atom stereocenters. The second-order valence-corrected chi connectivity index (χ2v) is 9.41. The van der Waals surface area contributed by atoms with Crippen LogP contribution >= 0.6 is 0 Å². The molecule has 0 saturated carbocycles. The van der Waals surface area contributed by atoms with Gasteiger partial charge in [-0.15, -0.1) is 0 Å². The predicted octanol–water partition coefficient (Wildman–Crippen LogP) is -0.114. The fourth-order valence-electron chi connectivity index (χ4n) is 3.58. The Kier molecular flexibility index (Phi) is 7.30. The second kappa shape index (κ2) is 9.72. The number of carbonyl (C=O) groups excluding carboxylic acids is 1. The van der Waals surface area contributed by atoms with Crippen LogP contribution in [0.1, 0.15) is 25.3 Å². The Hall–Kier alpha value is -1.92. The van der Waals surface area contributed by atoms with Crippen LogP contribution in [0.25, 0.3) is 0 Å². The number of carbonyl (C=O) groups is 1. The van der Waals surface area contributed by atoms with Crippen LogP contribution in [0.2, 0.25) is 0 Å². The third-order valence-corrected chi connectivity index (χ3v) is 5.59. The summed E-state index contributed by atoms with van der Waals surface area (Å²) in [6.45, 7) is 3.81. The molecule has 1 aromatic rings. The lowest BCUT2D eigenvalue weighted by Gasteiger charge is -2.36. The normalized spacial score (nSPS) is 24.3. The monoisotopic (exact) mass is 425 g/mol. The van der Waals surface area contributed by atoms with Gasteiger partial charge in [0, 0.05) is 37.1 Å². The average molecular weight is 426 g/mol. The number of anilines is 2. The first-order valence-electron chi connectivity index (χ1n) is 9.93. The Balaban J connectivity index is 1.46. The smallest absolute Gasteiger partial charge is 0.321 e. The summed E-state index contributed by atoms with van der Waals surface area (Å²) in [5.74, 6) is 0. The lowest BCUT2D eigenvalue weighted by Crippen LogP contribution is -2.68. The quantitative estimate of drug-likeness (QED) is 0.303. The minimum absolute atomic E-state index is 0.0484. The van der Waals surface area contributed by atoms with Gasteiger partial charge in [0.25, 0.3) is 0 Å². The van der Waals surface area contributed by atoms with Gasteiger partial charge in [-0.2, -0.15) is 0 Å². The first kappa shape index (κ1) is 21.8. The van der Waals surface area contributed by atoms with Crippen molar-refractivity contribution in [1.29, 1.82) is 0 Å². The van der Waals surface area contributed by atoms with E-state index in [1.807, 2.05) is 25.1 Å². The molecule has 7 N–H and O–H groups in total. The number of fused-ring (bicyclic) bond motifs is 1. The van der Waals surface area contributed by atoms with Gasteiger partial charge in [0.2, 0.25) is 10.0 Å². The summed E-state index contributed by atoms with van der Waals surface area (Å²) in [5, 5.41) is 18.9. The van der Waals surface area contributed by atoms with Crippen molar-refractivity contribution in [1.82, 2.24) is 26.0 Å². The first-order valence-corrected chi connectivity index (χ1v) is 11.8. The summed E-state index contributed by atoms with van der Waals surface area (Å²) in [4.78, 5) is 12.4. The molecule has 0 aromatic heterocycles. The first-order chi connectivity index (χ1) is 13.8. The van der Waals surface area contributed by atoms with E-state index < -0.39 is 16.3 Å². The van der Waals surface area contributed by atoms with Gasteiger partial charge in [-0.05, 0) is 49.9 Å². The molecule has 0 bridgehead atoms. The van der Waals surface area contributed by atoms with Crippen LogP contribution in [0.4, 0.5) is 16.2 Å². The van der Waals surface area contributed by atoms with Gasteiger partial charge in [-0.25, -0.2) is 17.9 Å². The van der Waals surface area contributed by atoms with Gasteiger partial charge in [0.1, 0.15) is 6.29 Å². The molecule has 1 fully saturated rings. The summed E-state index contributed by atoms with van der Waals surface area (Å²) >= 11 is 0. The van der Waals surface area contributed by atoms with Crippen molar-refractivity contribution in [2.24, 2.45) is 0 Å². The third kappa shape index (κ3) is 7.12. The fraction of sp³-hybridized carbons (Fsp3) is 0.611. The molecule has 29 heavy (non-hydrogen) atoms. The molecular weight excluding hydrogens is 394 g/mol. The lowest BCUT2D eigenvalue weighted by atomic mass is 10.0. The molecule has 3 atom stereocenters. The lowest BCUT2D eigenvalue weighted by molar-refractivity contribution is 0.194. The standard InChI is InChI=1S/C18H31N7O3S/c1-12-10-16(20-8-9-21-29(2,27)28)24-17(22-12)25-18(26)23-14-5-6-15-13(11-14)4-3-7-19-15/h5-6,11-12,16-17,19-22,24H,3-4,7-10H2,1-2H3,(H2,23,25,26).